The minimum atomic E-state index is -4.25. The first-order valence-electron chi connectivity index (χ1n) is 13.1. The van der Waals surface area contributed by atoms with Gasteiger partial charge in [0.1, 0.15) is 5.75 Å². The molecule has 1 amide bonds. The number of piperidine rings is 1. The van der Waals surface area contributed by atoms with Crippen molar-refractivity contribution in [2.45, 2.75) is 88.6 Å². The van der Waals surface area contributed by atoms with Crippen molar-refractivity contribution in [2.24, 2.45) is 11.8 Å². The number of carbonyl (C=O) groups is 2. The number of halogens is 5. The van der Waals surface area contributed by atoms with Crippen LogP contribution in [-0.4, -0.2) is 46.2 Å². The number of carboxylic acid groups (broad SMARTS) is 1. The molecule has 206 valence electrons. The molecule has 2 atom stereocenters. The molecule has 1 aliphatic carbocycles. The van der Waals surface area contributed by atoms with Gasteiger partial charge in [-0.3, -0.25) is 9.59 Å². The molecule has 2 heterocycles. The fraction of sp³-hybridized carbons (Fsp3) is 0.571. The molecular formula is C28H30F5NO4. The SMILES string of the molecule is O=C(O)C1CC2CCC(C1)N2C(=O)Cc1ccc2c(C(F)F)c(O[C@H]3CC[C@@H](C(F)(F)F)CC3)ccc2c1. The summed E-state index contributed by atoms with van der Waals surface area (Å²) in [6, 6.07) is 7.77. The van der Waals surface area contributed by atoms with Gasteiger partial charge < -0.3 is 14.7 Å². The maximum absolute atomic E-state index is 14.1. The number of carbonyl (C=O) groups excluding carboxylic acids is 1. The van der Waals surface area contributed by atoms with E-state index in [4.69, 9.17) is 4.74 Å². The van der Waals surface area contributed by atoms with Crippen molar-refractivity contribution in [3.63, 3.8) is 0 Å². The highest BCUT2D eigenvalue weighted by atomic mass is 19.4. The van der Waals surface area contributed by atoms with Gasteiger partial charge in [0.15, 0.2) is 0 Å². The third-order valence-corrected chi connectivity index (χ3v) is 8.46. The number of ether oxygens (including phenoxy) is 1. The minimum Gasteiger partial charge on any atom is -0.490 e. The molecule has 5 nitrogen and oxygen atoms in total. The van der Waals surface area contributed by atoms with Gasteiger partial charge in [-0.05, 0) is 73.8 Å². The normalized spacial score (nSPS) is 27.6. The summed E-state index contributed by atoms with van der Waals surface area (Å²) in [5.74, 6) is -2.75. The van der Waals surface area contributed by atoms with Gasteiger partial charge in [0, 0.05) is 12.1 Å². The topological polar surface area (TPSA) is 66.8 Å². The summed E-state index contributed by atoms with van der Waals surface area (Å²) < 4.78 is 72.9. The molecule has 3 fully saturated rings. The van der Waals surface area contributed by atoms with Crippen LogP contribution in [0.15, 0.2) is 30.3 Å². The second kappa shape index (κ2) is 10.3. The lowest BCUT2D eigenvalue weighted by atomic mass is 9.87. The van der Waals surface area contributed by atoms with E-state index in [1.807, 2.05) is 4.90 Å². The molecule has 1 saturated carbocycles. The summed E-state index contributed by atoms with van der Waals surface area (Å²) in [4.78, 5) is 26.4. The fourth-order valence-corrected chi connectivity index (χ4v) is 6.56. The smallest absolute Gasteiger partial charge is 0.391 e. The Morgan fingerprint density at radius 1 is 0.974 bits per heavy atom. The quantitative estimate of drug-likeness (QED) is 0.416. The van der Waals surface area contributed by atoms with E-state index in [1.165, 1.54) is 12.1 Å². The van der Waals surface area contributed by atoms with E-state index in [0.717, 1.165) is 12.8 Å². The molecule has 10 heteroatoms. The Hall–Kier alpha value is -2.91. The zero-order chi connectivity index (χ0) is 27.2. The van der Waals surface area contributed by atoms with Crippen LogP contribution < -0.4 is 4.74 Å². The van der Waals surface area contributed by atoms with E-state index in [9.17, 15) is 36.6 Å². The maximum atomic E-state index is 14.1. The molecule has 5 rings (SSSR count). The van der Waals surface area contributed by atoms with Crippen molar-refractivity contribution in [3.8, 4) is 5.75 Å². The van der Waals surface area contributed by atoms with Crippen molar-refractivity contribution in [1.29, 1.82) is 0 Å². The monoisotopic (exact) mass is 539 g/mol. The number of hydrogen-bond acceptors (Lipinski definition) is 3. The van der Waals surface area contributed by atoms with Crippen molar-refractivity contribution < 1.29 is 41.4 Å². The number of amides is 1. The van der Waals surface area contributed by atoms with Crippen LogP contribution in [0.5, 0.6) is 5.75 Å². The van der Waals surface area contributed by atoms with Gasteiger partial charge in [-0.1, -0.05) is 24.3 Å². The molecule has 0 radical (unpaired) electrons. The second-order valence-electron chi connectivity index (χ2n) is 10.8. The van der Waals surface area contributed by atoms with Crippen LogP contribution in [0, 0.1) is 11.8 Å². The van der Waals surface area contributed by atoms with E-state index >= 15 is 0 Å². The molecule has 2 aromatic carbocycles. The molecule has 2 saturated heterocycles. The lowest BCUT2D eigenvalue weighted by molar-refractivity contribution is -0.185. The lowest BCUT2D eigenvalue weighted by Crippen LogP contribution is -2.48. The molecule has 2 bridgehead atoms. The van der Waals surface area contributed by atoms with Crippen molar-refractivity contribution >= 4 is 22.6 Å². The van der Waals surface area contributed by atoms with Gasteiger partial charge in [-0.2, -0.15) is 13.2 Å². The van der Waals surface area contributed by atoms with E-state index in [1.54, 1.807) is 18.2 Å². The van der Waals surface area contributed by atoms with Gasteiger partial charge in [-0.15, -0.1) is 0 Å². The molecule has 2 aromatic rings. The Kier molecular flexibility index (Phi) is 7.26. The Bertz CT molecular complexity index is 1190. The highest BCUT2D eigenvalue weighted by Crippen LogP contribution is 2.42. The lowest BCUT2D eigenvalue weighted by Gasteiger charge is -2.37. The van der Waals surface area contributed by atoms with E-state index in [0.29, 0.717) is 23.8 Å². The zero-order valence-corrected chi connectivity index (χ0v) is 20.7. The predicted molar refractivity (Wildman–Crippen MR) is 129 cm³/mol. The first kappa shape index (κ1) is 26.7. The number of nitrogens with zero attached hydrogens (tertiary/aromatic N) is 1. The van der Waals surface area contributed by atoms with Crippen LogP contribution in [0.1, 0.15) is 68.9 Å². The highest BCUT2D eigenvalue weighted by molar-refractivity contribution is 5.90. The van der Waals surface area contributed by atoms with Crippen LogP contribution in [-0.2, 0) is 16.0 Å². The summed E-state index contributed by atoms with van der Waals surface area (Å²) in [6.45, 7) is 0. The van der Waals surface area contributed by atoms with Crippen LogP contribution in [0.4, 0.5) is 22.0 Å². The van der Waals surface area contributed by atoms with Crippen LogP contribution >= 0.6 is 0 Å². The summed E-state index contributed by atoms with van der Waals surface area (Å²) in [7, 11) is 0. The molecule has 2 unspecified atom stereocenters. The average Bonchev–Trinajstić information content (AvgIpc) is 3.12. The molecule has 0 spiro atoms. The Balaban J connectivity index is 1.30. The van der Waals surface area contributed by atoms with Crippen molar-refractivity contribution in [1.82, 2.24) is 4.90 Å². The third kappa shape index (κ3) is 5.31. The van der Waals surface area contributed by atoms with Crippen LogP contribution in [0.2, 0.25) is 0 Å². The molecule has 38 heavy (non-hydrogen) atoms. The highest BCUT2D eigenvalue weighted by Gasteiger charge is 2.45. The molecule has 3 aliphatic rings. The largest absolute Gasteiger partial charge is 0.490 e. The van der Waals surface area contributed by atoms with Crippen molar-refractivity contribution in [3.05, 3.63) is 41.5 Å². The Labute approximate surface area is 216 Å². The van der Waals surface area contributed by atoms with Gasteiger partial charge >= 0.3 is 12.1 Å². The van der Waals surface area contributed by atoms with Gasteiger partial charge in [-0.25, -0.2) is 8.78 Å². The number of aliphatic carboxylic acids is 1. The van der Waals surface area contributed by atoms with Crippen LogP contribution in [0.25, 0.3) is 10.8 Å². The zero-order valence-electron chi connectivity index (χ0n) is 20.7. The predicted octanol–water partition coefficient (Wildman–Crippen LogP) is 6.67. The number of carboxylic acids is 1. The van der Waals surface area contributed by atoms with E-state index < -0.39 is 36.5 Å². The van der Waals surface area contributed by atoms with Gasteiger partial charge in [0.2, 0.25) is 5.91 Å². The van der Waals surface area contributed by atoms with E-state index in [2.05, 4.69) is 0 Å². The number of hydrogen-bond donors (Lipinski definition) is 1. The average molecular weight is 540 g/mol. The fourth-order valence-electron chi connectivity index (χ4n) is 6.56. The van der Waals surface area contributed by atoms with Gasteiger partial charge in [0.25, 0.3) is 6.43 Å². The standard InChI is InChI=1S/C28H30F5NO4/c29-26(30)25-22-9-1-15(12-24(35)34-19-5-6-20(34)14-17(13-19)27(36)37)11-16(22)2-10-23(25)38-21-7-3-18(4-8-21)28(31,32)33/h1-2,9-11,17-21,26H,3-8,12-14H2,(H,36,37)/t17?,18-,19?,20?,21+. The number of fused-ring (bicyclic) bond motifs is 3. The van der Waals surface area contributed by atoms with E-state index in [-0.39, 0.29) is 66.8 Å². The number of alkyl halides is 5. The molecular weight excluding hydrogens is 509 g/mol. The first-order chi connectivity index (χ1) is 18.0. The molecule has 0 aromatic heterocycles. The molecule has 2 aliphatic heterocycles. The molecule has 1 N–H and O–H groups in total. The maximum Gasteiger partial charge on any atom is 0.391 e. The van der Waals surface area contributed by atoms with Crippen molar-refractivity contribution in [2.75, 3.05) is 0 Å². The Morgan fingerprint density at radius 3 is 2.21 bits per heavy atom. The minimum absolute atomic E-state index is 0.0235. The second-order valence-corrected chi connectivity index (χ2v) is 10.8. The first-order valence-corrected chi connectivity index (χ1v) is 13.1. The summed E-state index contributed by atoms with van der Waals surface area (Å²) in [6.07, 6.45) is -4.96. The number of benzene rings is 2. The Morgan fingerprint density at radius 2 is 1.63 bits per heavy atom. The summed E-state index contributed by atoms with van der Waals surface area (Å²) in [5, 5.41) is 10.2. The number of rotatable bonds is 6. The summed E-state index contributed by atoms with van der Waals surface area (Å²) >= 11 is 0. The summed E-state index contributed by atoms with van der Waals surface area (Å²) in [5.41, 5.74) is 0.369. The van der Waals surface area contributed by atoms with Crippen LogP contribution in [0.3, 0.4) is 0 Å². The van der Waals surface area contributed by atoms with Gasteiger partial charge in [0.05, 0.1) is 29.9 Å². The third-order valence-electron chi connectivity index (χ3n) is 8.46.